The van der Waals surface area contributed by atoms with Crippen LogP contribution in [0.25, 0.3) is 0 Å². The van der Waals surface area contributed by atoms with Crippen molar-refractivity contribution in [3.05, 3.63) is 63.7 Å². The van der Waals surface area contributed by atoms with E-state index in [9.17, 15) is 19.7 Å². The van der Waals surface area contributed by atoms with Crippen LogP contribution in [0.3, 0.4) is 0 Å². The molecule has 0 saturated heterocycles. The molecular formula is C16H15N3O5. The summed E-state index contributed by atoms with van der Waals surface area (Å²) in [4.78, 5) is 34.8. The van der Waals surface area contributed by atoms with Gasteiger partial charge in [-0.25, -0.2) is 0 Å². The van der Waals surface area contributed by atoms with E-state index < -0.39 is 10.8 Å². The minimum absolute atomic E-state index is 0.161. The normalized spacial score (nSPS) is 9.92. The summed E-state index contributed by atoms with van der Waals surface area (Å²) in [6, 6.07) is 10.2. The number of anilines is 1. The minimum Gasteiger partial charge on any atom is -0.497 e. The Balaban J connectivity index is 2.41. The monoisotopic (exact) mass is 329 g/mol. The molecule has 0 radical (unpaired) electrons. The number of ether oxygens (including phenoxy) is 1. The van der Waals surface area contributed by atoms with Gasteiger partial charge < -0.3 is 15.4 Å². The third-order valence-corrected chi connectivity index (χ3v) is 3.29. The van der Waals surface area contributed by atoms with E-state index in [1.165, 1.54) is 44.5 Å². The zero-order valence-corrected chi connectivity index (χ0v) is 13.0. The summed E-state index contributed by atoms with van der Waals surface area (Å²) in [6.45, 7) is 0. The van der Waals surface area contributed by atoms with Crippen molar-refractivity contribution in [3.8, 4) is 5.75 Å². The van der Waals surface area contributed by atoms with Gasteiger partial charge in [-0.05, 0) is 24.3 Å². The highest BCUT2D eigenvalue weighted by atomic mass is 16.6. The number of para-hydroxylation sites is 1. The first-order valence-corrected chi connectivity index (χ1v) is 6.92. The van der Waals surface area contributed by atoms with Crippen LogP contribution in [0, 0.1) is 10.1 Å². The lowest BCUT2D eigenvalue weighted by Crippen LogP contribution is -2.21. The Kier molecular flexibility index (Phi) is 5.10. The van der Waals surface area contributed by atoms with Crippen LogP contribution in [0.2, 0.25) is 0 Å². The Morgan fingerprint density at radius 3 is 2.42 bits per heavy atom. The standard InChI is InChI=1S/C16H15N3O5/c1-17-15(20)11-5-3-4-6-13(11)18-16(21)12-9-10(24-2)7-8-14(12)19(22)23/h3-9H,1-2H3,(H,17,20)(H,18,21). The summed E-state index contributed by atoms with van der Waals surface area (Å²) >= 11 is 0. The number of amides is 2. The van der Waals surface area contributed by atoms with Gasteiger partial charge in [0, 0.05) is 13.1 Å². The molecule has 0 aliphatic rings. The Labute approximate surface area is 137 Å². The molecule has 2 N–H and O–H groups in total. The van der Waals surface area contributed by atoms with Crippen molar-refractivity contribution < 1.29 is 19.2 Å². The van der Waals surface area contributed by atoms with Crippen molar-refractivity contribution in [2.24, 2.45) is 0 Å². The second-order valence-electron chi connectivity index (χ2n) is 4.72. The first kappa shape index (κ1) is 16.9. The number of rotatable bonds is 5. The van der Waals surface area contributed by atoms with E-state index in [0.717, 1.165) is 0 Å². The number of nitro groups is 1. The highest BCUT2D eigenvalue weighted by molar-refractivity contribution is 6.10. The predicted octanol–water partition coefficient (Wildman–Crippen LogP) is 2.22. The maximum atomic E-state index is 12.5. The van der Waals surface area contributed by atoms with Gasteiger partial charge in [0.15, 0.2) is 0 Å². The van der Waals surface area contributed by atoms with Gasteiger partial charge in [-0.1, -0.05) is 12.1 Å². The summed E-state index contributed by atoms with van der Waals surface area (Å²) in [6.07, 6.45) is 0. The quantitative estimate of drug-likeness (QED) is 0.645. The molecule has 2 aromatic carbocycles. The second kappa shape index (κ2) is 7.23. The number of nitrogens with one attached hydrogen (secondary N) is 2. The molecule has 0 aliphatic heterocycles. The fourth-order valence-corrected chi connectivity index (χ4v) is 2.10. The molecule has 0 atom stereocenters. The van der Waals surface area contributed by atoms with Crippen LogP contribution in [-0.2, 0) is 0 Å². The Morgan fingerprint density at radius 1 is 1.08 bits per heavy atom. The highest BCUT2D eigenvalue weighted by Crippen LogP contribution is 2.25. The minimum atomic E-state index is -0.711. The summed E-state index contributed by atoms with van der Waals surface area (Å²) in [5.74, 6) is -0.784. The van der Waals surface area contributed by atoms with E-state index in [0.29, 0.717) is 5.75 Å². The van der Waals surface area contributed by atoms with Crippen molar-refractivity contribution in [2.75, 3.05) is 19.5 Å². The second-order valence-corrected chi connectivity index (χ2v) is 4.72. The molecule has 0 fully saturated rings. The lowest BCUT2D eigenvalue weighted by Gasteiger charge is -2.11. The number of benzene rings is 2. The molecule has 0 unspecified atom stereocenters. The van der Waals surface area contributed by atoms with E-state index in [4.69, 9.17) is 4.74 Å². The van der Waals surface area contributed by atoms with Crippen molar-refractivity contribution in [3.63, 3.8) is 0 Å². The SMILES string of the molecule is CNC(=O)c1ccccc1NC(=O)c1cc(OC)ccc1[N+](=O)[O-]. The highest BCUT2D eigenvalue weighted by Gasteiger charge is 2.22. The topological polar surface area (TPSA) is 111 Å². The molecule has 2 aromatic rings. The molecule has 2 rings (SSSR count). The molecule has 124 valence electrons. The molecule has 24 heavy (non-hydrogen) atoms. The van der Waals surface area contributed by atoms with Gasteiger partial charge in [0.1, 0.15) is 11.3 Å². The molecule has 0 bridgehead atoms. The predicted molar refractivity (Wildman–Crippen MR) is 87.4 cm³/mol. The summed E-state index contributed by atoms with van der Waals surface area (Å²) in [7, 11) is 2.86. The number of hydrogen-bond donors (Lipinski definition) is 2. The van der Waals surface area contributed by atoms with Crippen LogP contribution in [-0.4, -0.2) is 30.9 Å². The van der Waals surface area contributed by atoms with E-state index >= 15 is 0 Å². The van der Waals surface area contributed by atoms with E-state index in [1.807, 2.05) is 0 Å². The smallest absolute Gasteiger partial charge is 0.282 e. The van der Waals surface area contributed by atoms with Gasteiger partial charge >= 0.3 is 0 Å². The number of hydrogen-bond acceptors (Lipinski definition) is 5. The van der Waals surface area contributed by atoms with Crippen LogP contribution in [0.1, 0.15) is 20.7 Å². The maximum Gasteiger partial charge on any atom is 0.282 e. The Morgan fingerprint density at radius 2 is 1.79 bits per heavy atom. The van der Waals surface area contributed by atoms with Crippen LogP contribution in [0.15, 0.2) is 42.5 Å². The molecular weight excluding hydrogens is 314 g/mol. The molecule has 0 aliphatic carbocycles. The molecule has 8 nitrogen and oxygen atoms in total. The van der Waals surface area contributed by atoms with Gasteiger partial charge in [-0.3, -0.25) is 19.7 Å². The molecule has 0 aromatic heterocycles. The van der Waals surface area contributed by atoms with Crippen LogP contribution in [0.4, 0.5) is 11.4 Å². The van der Waals surface area contributed by atoms with Crippen molar-refractivity contribution in [2.45, 2.75) is 0 Å². The van der Waals surface area contributed by atoms with Gasteiger partial charge in [-0.2, -0.15) is 0 Å². The summed E-state index contributed by atoms with van der Waals surface area (Å²) in [5, 5.41) is 16.1. The average molecular weight is 329 g/mol. The zero-order chi connectivity index (χ0) is 17.7. The number of nitrogens with zero attached hydrogens (tertiary/aromatic N) is 1. The first-order chi connectivity index (χ1) is 11.5. The zero-order valence-electron chi connectivity index (χ0n) is 13.0. The van der Waals surface area contributed by atoms with Crippen LogP contribution < -0.4 is 15.4 Å². The molecule has 2 amide bonds. The van der Waals surface area contributed by atoms with E-state index in [-0.39, 0.29) is 28.4 Å². The van der Waals surface area contributed by atoms with Crippen molar-refractivity contribution in [1.29, 1.82) is 0 Å². The van der Waals surface area contributed by atoms with E-state index in [1.54, 1.807) is 12.1 Å². The summed E-state index contributed by atoms with van der Waals surface area (Å²) < 4.78 is 5.00. The third-order valence-electron chi connectivity index (χ3n) is 3.29. The number of carbonyl (C=O) groups excluding carboxylic acids is 2. The lowest BCUT2D eigenvalue weighted by molar-refractivity contribution is -0.385. The molecule has 0 spiro atoms. The summed E-state index contributed by atoms with van der Waals surface area (Å²) in [5.41, 5.74) is -0.0188. The number of nitro benzene ring substituents is 1. The van der Waals surface area contributed by atoms with Gasteiger partial charge in [0.05, 0.1) is 23.3 Å². The number of methoxy groups -OCH3 is 1. The third kappa shape index (κ3) is 3.49. The Bertz CT molecular complexity index is 804. The molecule has 8 heteroatoms. The fourth-order valence-electron chi connectivity index (χ4n) is 2.10. The van der Waals surface area contributed by atoms with Crippen LogP contribution >= 0.6 is 0 Å². The maximum absolute atomic E-state index is 12.5. The lowest BCUT2D eigenvalue weighted by atomic mass is 10.1. The number of carbonyl (C=O) groups is 2. The van der Waals surface area contributed by atoms with E-state index in [2.05, 4.69) is 10.6 Å². The fraction of sp³-hybridized carbons (Fsp3) is 0.125. The molecule has 0 heterocycles. The Hall–Kier alpha value is -3.42. The van der Waals surface area contributed by atoms with Crippen LogP contribution in [0.5, 0.6) is 5.75 Å². The molecule has 0 saturated carbocycles. The van der Waals surface area contributed by atoms with Gasteiger partial charge in [-0.15, -0.1) is 0 Å². The van der Waals surface area contributed by atoms with Crippen molar-refractivity contribution in [1.82, 2.24) is 5.32 Å². The van der Waals surface area contributed by atoms with Gasteiger partial charge in [0.2, 0.25) is 0 Å². The average Bonchev–Trinajstić information content (AvgIpc) is 2.60. The van der Waals surface area contributed by atoms with Crippen molar-refractivity contribution >= 4 is 23.2 Å². The van der Waals surface area contributed by atoms with Gasteiger partial charge in [0.25, 0.3) is 17.5 Å². The largest absolute Gasteiger partial charge is 0.497 e. The first-order valence-electron chi connectivity index (χ1n) is 6.92.